The number of carboxylic acids is 2. The van der Waals surface area contributed by atoms with Crippen molar-refractivity contribution in [3.05, 3.63) is 125 Å². The molecule has 16 nitrogen and oxygen atoms in total. The molecule has 5 aromatic rings. The van der Waals surface area contributed by atoms with E-state index in [1.165, 1.54) is 12.1 Å². The lowest BCUT2D eigenvalue weighted by Crippen LogP contribution is -2.28. The Labute approximate surface area is 323 Å². The first-order valence-corrected chi connectivity index (χ1v) is 19.2. The zero-order chi connectivity index (χ0) is 40.1. The molecule has 0 fully saturated rings. The summed E-state index contributed by atoms with van der Waals surface area (Å²) in [6, 6.07) is 26.3. The zero-order valence-corrected chi connectivity index (χ0v) is 31.5. The van der Waals surface area contributed by atoms with Crippen LogP contribution in [0.25, 0.3) is 0 Å². The summed E-state index contributed by atoms with van der Waals surface area (Å²) in [7, 11) is -4.21. The summed E-state index contributed by atoms with van der Waals surface area (Å²) in [6.45, 7) is 4.24. The Morgan fingerprint density at radius 1 is 0.786 bits per heavy atom. The van der Waals surface area contributed by atoms with Crippen LogP contribution in [0, 0.1) is 6.92 Å². The number of carbonyl (C=O) groups is 2. The molecule has 5 rings (SSSR count). The van der Waals surface area contributed by atoms with Gasteiger partial charge >= 0.3 is 11.9 Å². The van der Waals surface area contributed by atoms with Crippen molar-refractivity contribution in [1.82, 2.24) is 15.0 Å². The van der Waals surface area contributed by atoms with Gasteiger partial charge in [-0.3, -0.25) is 9.35 Å². The fourth-order valence-electron chi connectivity index (χ4n) is 5.38. The number of benzene rings is 4. The van der Waals surface area contributed by atoms with Crippen LogP contribution in [0.2, 0.25) is 0 Å². The highest BCUT2D eigenvalue weighted by Gasteiger charge is 2.18. The van der Waals surface area contributed by atoms with E-state index in [1.807, 2.05) is 74.5 Å². The van der Waals surface area contributed by atoms with Gasteiger partial charge in [0.05, 0.1) is 47.1 Å². The number of aromatic nitrogens is 3. The minimum atomic E-state index is -4.21. The van der Waals surface area contributed by atoms with Gasteiger partial charge in [0.1, 0.15) is 17.4 Å². The molecule has 56 heavy (non-hydrogen) atoms. The fraction of sp³-hybridized carbons (Fsp3) is 0.256. The summed E-state index contributed by atoms with van der Waals surface area (Å²) in [6.07, 6.45) is 0.354. The molecule has 0 saturated heterocycles. The quantitative estimate of drug-likeness (QED) is 0.0413. The number of azo groups is 2. The predicted octanol–water partition coefficient (Wildman–Crippen LogP) is 7.85. The van der Waals surface area contributed by atoms with Gasteiger partial charge in [0.25, 0.3) is 10.1 Å². The molecule has 1 aromatic heterocycles. The molecule has 4 aromatic carbocycles. The van der Waals surface area contributed by atoms with E-state index in [2.05, 4.69) is 20.5 Å². The summed E-state index contributed by atoms with van der Waals surface area (Å²) in [4.78, 5) is 38.9. The molecule has 1 heterocycles. The Kier molecular flexibility index (Phi) is 14.0. The topological polar surface area (TPSA) is 230 Å². The normalized spacial score (nSPS) is 11.6. The van der Waals surface area contributed by atoms with Crippen molar-refractivity contribution >= 4 is 50.8 Å². The molecule has 0 unspecified atom stereocenters. The first kappa shape index (κ1) is 40.7. The monoisotopic (exact) mass is 780 g/mol. The van der Waals surface area contributed by atoms with Gasteiger partial charge in [-0.1, -0.05) is 36.4 Å². The Morgan fingerprint density at radius 2 is 1.45 bits per heavy atom. The van der Waals surface area contributed by atoms with Crippen LogP contribution < -0.4 is 9.64 Å². The Bertz CT molecular complexity index is 2320. The maximum Gasteiger partial charge on any atom is 0.335 e. The molecule has 0 saturated carbocycles. The van der Waals surface area contributed by atoms with Crippen LogP contribution >= 0.6 is 0 Å². The number of aromatic carboxylic acids is 1. The molecule has 0 amide bonds. The van der Waals surface area contributed by atoms with E-state index < -0.39 is 27.8 Å². The van der Waals surface area contributed by atoms with Gasteiger partial charge in [0.15, 0.2) is 0 Å². The minimum absolute atomic E-state index is 0.00644. The molecule has 290 valence electrons. The van der Waals surface area contributed by atoms with Crippen molar-refractivity contribution < 1.29 is 37.5 Å². The van der Waals surface area contributed by atoms with Crippen molar-refractivity contribution in [2.24, 2.45) is 20.5 Å². The molecule has 17 heteroatoms. The lowest BCUT2D eigenvalue weighted by Gasteiger charge is -2.21. The highest BCUT2D eigenvalue weighted by atomic mass is 32.2. The molecular formula is C39H40N8O8S. The van der Waals surface area contributed by atoms with Gasteiger partial charge in [-0.15, -0.1) is 0 Å². The summed E-state index contributed by atoms with van der Waals surface area (Å²) < 4.78 is 38.0. The van der Waals surface area contributed by atoms with Gasteiger partial charge in [-0.25, -0.2) is 9.78 Å². The number of hydrogen-bond acceptors (Lipinski definition) is 13. The number of carboxylic acid groups (broad SMARTS) is 2. The Morgan fingerprint density at radius 3 is 2.11 bits per heavy atom. The van der Waals surface area contributed by atoms with Crippen LogP contribution in [-0.2, 0) is 27.8 Å². The average Bonchev–Trinajstić information content (AvgIpc) is 3.16. The summed E-state index contributed by atoms with van der Waals surface area (Å²) in [5, 5.41) is 35.9. The van der Waals surface area contributed by atoms with Gasteiger partial charge in [-0.2, -0.15) is 38.8 Å². The third-order valence-corrected chi connectivity index (χ3v) is 9.01. The van der Waals surface area contributed by atoms with E-state index in [0.717, 1.165) is 11.3 Å². The number of aryl methyl sites for hydroxylation is 1. The van der Waals surface area contributed by atoms with E-state index in [9.17, 15) is 32.8 Å². The number of anilines is 1. The molecule has 0 bridgehead atoms. The van der Waals surface area contributed by atoms with E-state index in [0.29, 0.717) is 64.5 Å². The second-order valence-electron chi connectivity index (χ2n) is 12.5. The minimum Gasteiger partial charge on any atom is -0.493 e. The molecule has 0 aliphatic carbocycles. The van der Waals surface area contributed by atoms with Crippen LogP contribution in [0.1, 0.15) is 58.5 Å². The Balaban J connectivity index is 1.47. The number of hydrogen-bond donors (Lipinski definition) is 3. The number of aliphatic carboxylic acids is 1. The van der Waals surface area contributed by atoms with Gasteiger partial charge < -0.3 is 19.8 Å². The van der Waals surface area contributed by atoms with Crippen molar-refractivity contribution in [2.75, 3.05) is 30.3 Å². The summed E-state index contributed by atoms with van der Waals surface area (Å²) in [5.74, 6) is -1.10. The standard InChI is InChI=1S/C39H40N8O8S/c1-3-47(18-17-37(48)49)39-41-35(22-27-13-15-31(16-14-27)44-43-30-10-5-4-6-11-30)40-36(42-39)24-29-21-26(2)33(25-34(29)55-19-8-20-56(52,53)54)46-45-32-12-7-9-28(23-32)38(50)51/h4-7,9-16,21,23,25H,3,8,17-20,22,24H2,1-2H3,(H,48,49)(H,50,51)(H,52,53,54). The molecule has 3 N–H and O–H groups in total. The second kappa shape index (κ2) is 19.2. The lowest BCUT2D eigenvalue weighted by atomic mass is 10.1. The second-order valence-corrected chi connectivity index (χ2v) is 14.1. The molecule has 0 atom stereocenters. The van der Waals surface area contributed by atoms with E-state index >= 15 is 0 Å². The van der Waals surface area contributed by atoms with Crippen LogP contribution in [0.3, 0.4) is 0 Å². The van der Waals surface area contributed by atoms with E-state index in [-0.39, 0.29) is 38.0 Å². The third-order valence-electron chi connectivity index (χ3n) is 8.21. The molecule has 0 radical (unpaired) electrons. The first-order valence-electron chi connectivity index (χ1n) is 17.6. The largest absolute Gasteiger partial charge is 0.493 e. The number of nitrogens with zero attached hydrogens (tertiary/aromatic N) is 8. The van der Waals surface area contributed by atoms with Crippen molar-refractivity contribution in [1.29, 1.82) is 0 Å². The van der Waals surface area contributed by atoms with Crippen LogP contribution in [0.15, 0.2) is 111 Å². The van der Waals surface area contributed by atoms with E-state index in [4.69, 9.17) is 19.7 Å². The smallest absolute Gasteiger partial charge is 0.335 e. The summed E-state index contributed by atoms with van der Waals surface area (Å²) >= 11 is 0. The van der Waals surface area contributed by atoms with Crippen LogP contribution in [0.5, 0.6) is 5.75 Å². The lowest BCUT2D eigenvalue weighted by molar-refractivity contribution is -0.136. The first-order chi connectivity index (χ1) is 26.8. The maximum atomic E-state index is 11.5. The van der Waals surface area contributed by atoms with Crippen molar-refractivity contribution in [3.63, 3.8) is 0 Å². The highest BCUT2D eigenvalue weighted by Crippen LogP contribution is 2.32. The molecule has 0 aliphatic rings. The van der Waals surface area contributed by atoms with Gasteiger partial charge in [0.2, 0.25) is 5.95 Å². The third kappa shape index (κ3) is 12.6. The van der Waals surface area contributed by atoms with Crippen LogP contribution in [0.4, 0.5) is 28.7 Å². The Hall–Kier alpha value is -6.46. The van der Waals surface area contributed by atoms with Crippen LogP contribution in [-0.4, -0.2) is 75.5 Å². The average molecular weight is 781 g/mol. The number of ether oxygens (including phenoxy) is 1. The molecule has 0 aliphatic heterocycles. The number of rotatable bonds is 19. The zero-order valence-electron chi connectivity index (χ0n) is 30.7. The van der Waals surface area contributed by atoms with Crippen molar-refractivity contribution in [3.8, 4) is 5.75 Å². The fourth-order valence-corrected chi connectivity index (χ4v) is 5.86. The van der Waals surface area contributed by atoms with Gasteiger partial charge in [0, 0.05) is 37.6 Å². The molecular weight excluding hydrogens is 741 g/mol. The summed E-state index contributed by atoms with van der Waals surface area (Å²) in [5.41, 5.74) is 4.40. The highest BCUT2D eigenvalue weighted by molar-refractivity contribution is 7.85. The van der Waals surface area contributed by atoms with Crippen molar-refractivity contribution in [2.45, 2.75) is 39.5 Å². The van der Waals surface area contributed by atoms with E-state index in [1.54, 1.807) is 23.1 Å². The maximum absolute atomic E-state index is 11.5. The van der Waals surface area contributed by atoms with Gasteiger partial charge in [-0.05, 0) is 79.9 Å². The SMILES string of the molecule is CCN(CCC(=O)O)c1nc(Cc2ccc(N=Nc3ccccc3)cc2)nc(Cc2cc(C)c(N=Nc3cccc(C(=O)O)c3)cc2OCCCS(=O)(=O)O)n1. The molecule has 0 spiro atoms. The predicted molar refractivity (Wildman–Crippen MR) is 208 cm³/mol.